The van der Waals surface area contributed by atoms with Crippen molar-refractivity contribution < 1.29 is 9.53 Å². The van der Waals surface area contributed by atoms with Crippen LogP contribution >= 0.6 is 0 Å². The van der Waals surface area contributed by atoms with Gasteiger partial charge in [0.15, 0.2) is 5.78 Å². The van der Waals surface area contributed by atoms with Crippen molar-refractivity contribution in [3.63, 3.8) is 0 Å². The van der Waals surface area contributed by atoms with Crippen molar-refractivity contribution >= 4 is 5.78 Å². The molecule has 0 aliphatic rings. The Labute approximate surface area is 90.6 Å². The average molecular weight is 204 g/mol. The minimum Gasteiger partial charge on any atom is -0.496 e. The first kappa shape index (κ1) is 11.5. The summed E-state index contributed by atoms with van der Waals surface area (Å²) in [4.78, 5) is 12.1. The molecule has 80 valence electrons. The molecule has 0 saturated carbocycles. The molecular weight excluding hydrogens is 188 g/mol. The van der Waals surface area contributed by atoms with Crippen LogP contribution in [0.4, 0.5) is 0 Å². The van der Waals surface area contributed by atoms with Gasteiger partial charge >= 0.3 is 0 Å². The molecule has 0 saturated heterocycles. The molecule has 0 atom stereocenters. The number of ketones is 1. The SMILES string of the molecule is C=CC(C)(C)C(=O)c1ccccc1OC. The minimum absolute atomic E-state index is 0.0231. The summed E-state index contributed by atoms with van der Waals surface area (Å²) >= 11 is 0. The molecule has 0 unspecified atom stereocenters. The van der Waals surface area contributed by atoms with Crippen LogP contribution in [0.15, 0.2) is 36.9 Å². The molecule has 2 nitrogen and oxygen atoms in total. The van der Waals surface area contributed by atoms with E-state index in [1.54, 1.807) is 25.3 Å². The topological polar surface area (TPSA) is 26.3 Å². The standard InChI is InChI=1S/C13H16O2/c1-5-13(2,3)12(14)10-8-6-7-9-11(10)15-4/h5-9H,1H2,2-4H3. The first-order valence-electron chi connectivity index (χ1n) is 4.84. The highest BCUT2D eigenvalue weighted by Gasteiger charge is 2.27. The number of Topliss-reactive ketones (excluding diaryl/α,β-unsaturated/α-hetero) is 1. The van der Waals surface area contributed by atoms with Gasteiger partial charge in [0, 0.05) is 5.41 Å². The number of hydrogen-bond donors (Lipinski definition) is 0. The Hall–Kier alpha value is -1.57. The Bertz CT molecular complexity index is 378. The number of methoxy groups -OCH3 is 1. The van der Waals surface area contributed by atoms with E-state index in [0.717, 1.165) is 0 Å². The molecule has 2 heteroatoms. The van der Waals surface area contributed by atoms with Gasteiger partial charge in [0.2, 0.25) is 0 Å². The van der Waals surface area contributed by atoms with Gasteiger partial charge < -0.3 is 4.74 Å². The molecule has 0 fully saturated rings. The van der Waals surface area contributed by atoms with Crippen LogP contribution in [0.2, 0.25) is 0 Å². The van der Waals surface area contributed by atoms with Crippen LogP contribution in [0.5, 0.6) is 5.75 Å². The zero-order chi connectivity index (χ0) is 11.5. The summed E-state index contributed by atoms with van der Waals surface area (Å²) < 4.78 is 5.15. The van der Waals surface area contributed by atoms with Crippen LogP contribution in [0.1, 0.15) is 24.2 Å². The van der Waals surface area contributed by atoms with Gasteiger partial charge in [-0.2, -0.15) is 0 Å². The molecule has 1 rings (SSSR count). The fourth-order valence-electron chi connectivity index (χ4n) is 1.27. The monoisotopic (exact) mass is 204 g/mol. The number of allylic oxidation sites excluding steroid dienone is 1. The van der Waals surface area contributed by atoms with Crippen molar-refractivity contribution in [1.29, 1.82) is 0 Å². The molecule has 1 aromatic carbocycles. The Morgan fingerprint density at radius 3 is 2.53 bits per heavy atom. The normalized spacial score (nSPS) is 10.9. The zero-order valence-electron chi connectivity index (χ0n) is 9.41. The molecule has 0 N–H and O–H groups in total. The number of hydrogen-bond acceptors (Lipinski definition) is 2. The first-order valence-corrected chi connectivity index (χ1v) is 4.84. The predicted molar refractivity (Wildman–Crippen MR) is 61.3 cm³/mol. The van der Waals surface area contributed by atoms with Crippen LogP contribution in [0.25, 0.3) is 0 Å². The highest BCUT2D eigenvalue weighted by atomic mass is 16.5. The zero-order valence-corrected chi connectivity index (χ0v) is 9.41. The van der Waals surface area contributed by atoms with Gasteiger partial charge in [0.1, 0.15) is 5.75 Å². The summed E-state index contributed by atoms with van der Waals surface area (Å²) in [6.45, 7) is 7.36. The maximum absolute atomic E-state index is 12.1. The molecule has 0 aliphatic heterocycles. The molecule has 1 aromatic rings. The van der Waals surface area contributed by atoms with E-state index in [4.69, 9.17) is 4.74 Å². The van der Waals surface area contributed by atoms with Gasteiger partial charge in [-0.25, -0.2) is 0 Å². The van der Waals surface area contributed by atoms with Crippen molar-refractivity contribution in [3.05, 3.63) is 42.5 Å². The molecule has 0 bridgehead atoms. The number of benzene rings is 1. The van der Waals surface area contributed by atoms with Crippen molar-refractivity contribution in [2.24, 2.45) is 5.41 Å². The maximum atomic E-state index is 12.1. The molecule has 0 heterocycles. The Morgan fingerprint density at radius 2 is 2.00 bits per heavy atom. The fourth-order valence-corrected chi connectivity index (χ4v) is 1.27. The van der Waals surface area contributed by atoms with Gasteiger partial charge in [-0.05, 0) is 26.0 Å². The molecule has 15 heavy (non-hydrogen) atoms. The molecule has 0 radical (unpaired) electrons. The third-order valence-electron chi connectivity index (χ3n) is 2.45. The van der Waals surface area contributed by atoms with Crippen LogP contribution < -0.4 is 4.74 Å². The van der Waals surface area contributed by atoms with Gasteiger partial charge in [0.25, 0.3) is 0 Å². The highest BCUT2D eigenvalue weighted by molar-refractivity contribution is 6.03. The van der Waals surface area contributed by atoms with Crippen molar-refractivity contribution in [2.45, 2.75) is 13.8 Å². The molecule has 0 aromatic heterocycles. The number of carbonyl (C=O) groups excluding carboxylic acids is 1. The van der Waals surface area contributed by atoms with Crippen LogP contribution in [-0.2, 0) is 0 Å². The predicted octanol–water partition coefficient (Wildman–Crippen LogP) is 3.09. The van der Waals surface area contributed by atoms with E-state index in [0.29, 0.717) is 11.3 Å². The lowest BCUT2D eigenvalue weighted by Crippen LogP contribution is -2.22. The second kappa shape index (κ2) is 4.30. The van der Waals surface area contributed by atoms with E-state index in [2.05, 4.69) is 6.58 Å². The Balaban J connectivity index is 3.17. The van der Waals surface area contributed by atoms with Crippen molar-refractivity contribution in [2.75, 3.05) is 7.11 Å². The highest BCUT2D eigenvalue weighted by Crippen LogP contribution is 2.28. The summed E-state index contributed by atoms with van der Waals surface area (Å²) in [5.41, 5.74) is 0.0409. The van der Waals surface area contributed by atoms with E-state index in [9.17, 15) is 4.79 Å². The quantitative estimate of drug-likeness (QED) is 0.556. The van der Waals surface area contributed by atoms with Crippen LogP contribution in [0, 0.1) is 5.41 Å². The third-order valence-corrected chi connectivity index (χ3v) is 2.45. The number of carbonyl (C=O) groups is 1. The van der Waals surface area contributed by atoms with Gasteiger partial charge in [0.05, 0.1) is 12.7 Å². The van der Waals surface area contributed by atoms with Gasteiger partial charge in [-0.3, -0.25) is 4.79 Å². The maximum Gasteiger partial charge on any atom is 0.175 e. The van der Waals surface area contributed by atoms with Crippen LogP contribution in [-0.4, -0.2) is 12.9 Å². The van der Waals surface area contributed by atoms with E-state index < -0.39 is 5.41 Å². The lowest BCUT2D eigenvalue weighted by atomic mass is 9.84. The van der Waals surface area contributed by atoms with Gasteiger partial charge in [-0.15, -0.1) is 6.58 Å². The van der Waals surface area contributed by atoms with Gasteiger partial charge in [-0.1, -0.05) is 18.2 Å². The summed E-state index contributed by atoms with van der Waals surface area (Å²) in [5, 5.41) is 0. The summed E-state index contributed by atoms with van der Waals surface area (Å²) in [6, 6.07) is 7.23. The van der Waals surface area contributed by atoms with E-state index in [-0.39, 0.29) is 5.78 Å². The number of rotatable bonds is 4. The smallest absolute Gasteiger partial charge is 0.175 e. The van der Waals surface area contributed by atoms with E-state index >= 15 is 0 Å². The van der Waals surface area contributed by atoms with Crippen molar-refractivity contribution in [3.8, 4) is 5.75 Å². The Kier molecular flexibility index (Phi) is 3.30. The van der Waals surface area contributed by atoms with E-state index in [1.165, 1.54) is 0 Å². The first-order chi connectivity index (χ1) is 7.03. The second-order valence-electron chi connectivity index (χ2n) is 3.96. The molecule has 0 amide bonds. The molecular formula is C13H16O2. The number of para-hydroxylation sites is 1. The lowest BCUT2D eigenvalue weighted by molar-refractivity contribution is 0.0882. The molecule has 0 aliphatic carbocycles. The van der Waals surface area contributed by atoms with E-state index in [1.807, 2.05) is 26.0 Å². The fraction of sp³-hybridized carbons (Fsp3) is 0.308. The minimum atomic E-state index is -0.561. The Morgan fingerprint density at radius 1 is 1.40 bits per heavy atom. The third kappa shape index (κ3) is 2.27. The summed E-state index contributed by atoms with van der Waals surface area (Å²) in [5.74, 6) is 0.632. The number of ether oxygens (including phenoxy) is 1. The second-order valence-corrected chi connectivity index (χ2v) is 3.96. The molecule has 0 spiro atoms. The summed E-state index contributed by atoms with van der Waals surface area (Å²) in [7, 11) is 1.56. The average Bonchev–Trinajstić information content (AvgIpc) is 2.28. The van der Waals surface area contributed by atoms with Crippen molar-refractivity contribution in [1.82, 2.24) is 0 Å². The lowest BCUT2D eigenvalue weighted by Gasteiger charge is -2.19. The summed E-state index contributed by atoms with van der Waals surface area (Å²) in [6.07, 6.45) is 1.65. The van der Waals surface area contributed by atoms with Crippen LogP contribution in [0.3, 0.4) is 0 Å². The largest absolute Gasteiger partial charge is 0.496 e.